The first kappa shape index (κ1) is 31.4. The maximum absolute atomic E-state index is 13.6. The highest BCUT2D eigenvalue weighted by Gasteiger charge is 2.34. The zero-order valence-corrected chi connectivity index (χ0v) is 25.6. The summed E-state index contributed by atoms with van der Waals surface area (Å²) in [4.78, 5) is 56.1. The zero-order valence-electron chi connectivity index (χ0n) is 25.6. The minimum absolute atomic E-state index is 0.0608. The van der Waals surface area contributed by atoms with Crippen LogP contribution in [0.15, 0.2) is 66.7 Å². The van der Waals surface area contributed by atoms with Crippen molar-refractivity contribution in [3.63, 3.8) is 0 Å². The number of nitrogens with one attached hydrogen (secondary N) is 2. The summed E-state index contributed by atoms with van der Waals surface area (Å²) < 4.78 is 4.96. The number of methoxy groups -OCH3 is 1. The third-order valence-corrected chi connectivity index (χ3v) is 8.09. The van der Waals surface area contributed by atoms with Crippen molar-refractivity contribution in [3.05, 3.63) is 94.5 Å². The smallest absolute Gasteiger partial charge is 0.336 e. The molecule has 45 heavy (non-hydrogen) atoms. The molecule has 0 aromatic heterocycles. The highest BCUT2D eigenvalue weighted by atomic mass is 16.5. The number of likely N-dealkylation sites (N-methyl/N-ethyl adjacent to an activating group) is 1. The van der Waals surface area contributed by atoms with Crippen LogP contribution in [0.5, 0.6) is 0 Å². The lowest BCUT2D eigenvalue weighted by Crippen LogP contribution is -2.51. The Morgan fingerprint density at radius 1 is 0.933 bits per heavy atom. The van der Waals surface area contributed by atoms with Gasteiger partial charge in [0.25, 0.3) is 11.8 Å². The molecular weight excluding hydrogens is 574 g/mol. The number of fused-ring (bicyclic) bond motifs is 1. The monoisotopic (exact) mass is 611 g/mol. The van der Waals surface area contributed by atoms with E-state index in [-0.39, 0.29) is 29.8 Å². The molecule has 2 aliphatic heterocycles. The SMILES string of the molecule is COCCNC(=O)CN1CCN(C(=O)c2ccc(NC(=C3C(=O)N(C)c4cc(C(=O)O)c(C)cc43)c3ccccc3)cc2)CC1. The Hall–Kier alpha value is -5.00. The molecular formula is C34H37N5O6. The zero-order chi connectivity index (χ0) is 32.1. The molecule has 2 heterocycles. The van der Waals surface area contributed by atoms with Gasteiger partial charge < -0.3 is 30.3 Å². The molecule has 0 aliphatic carbocycles. The predicted molar refractivity (Wildman–Crippen MR) is 172 cm³/mol. The van der Waals surface area contributed by atoms with Crippen LogP contribution in [0.2, 0.25) is 0 Å². The molecule has 1 saturated heterocycles. The van der Waals surface area contributed by atoms with E-state index in [0.29, 0.717) is 78.7 Å². The minimum Gasteiger partial charge on any atom is -0.478 e. The van der Waals surface area contributed by atoms with Gasteiger partial charge in [0.2, 0.25) is 5.91 Å². The number of rotatable bonds is 10. The number of hydrogen-bond donors (Lipinski definition) is 3. The van der Waals surface area contributed by atoms with Crippen LogP contribution in [0.25, 0.3) is 11.3 Å². The first-order valence-electron chi connectivity index (χ1n) is 14.8. The molecule has 0 atom stereocenters. The standard InChI is InChI=1S/C34H37N5O6/c1-22-19-27-28(20-26(22)34(43)44)37(2)33(42)30(27)31(23-7-5-4-6-8-23)36-25-11-9-24(10-12-25)32(41)39-16-14-38(15-17-39)21-29(40)35-13-18-45-3/h4-12,19-20,36H,13-18,21H2,1-3H3,(H,35,40)(H,43,44). The van der Waals surface area contributed by atoms with E-state index in [1.807, 2.05) is 35.2 Å². The number of aromatic carboxylic acids is 1. The Kier molecular flexibility index (Phi) is 9.60. The normalized spacial score (nSPS) is 15.9. The lowest BCUT2D eigenvalue weighted by Gasteiger charge is -2.34. The molecule has 234 valence electrons. The van der Waals surface area contributed by atoms with Gasteiger partial charge in [-0.1, -0.05) is 30.3 Å². The van der Waals surface area contributed by atoms with E-state index in [1.165, 1.54) is 4.90 Å². The summed E-state index contributed by atoms with van der Waals surface area (Å²) >= 11 is 0. The fourth-order valence-corrected chi connectivity index (χ4v) is 5.61. The van der Waals surface area contributed by atoms with Crippen LogP contribution >= 0.6 is 0 Å². The van der Waals surface area contributed by atoms with Gasteiger partial charge in [0, 0.05) is 63.7 Å². The predicted octanol–water partition coefficient (Wildman–Crippen LogP) is 3.17. The number of aryl methyl sites for hydroxylation is 1. The first-order valence-corrected chi connectivity index (χ1v) is 14.8. The number of amides is 3. The van der Waals surface area contributed by atoms with E-state index in [4.69, 9.17) is 4.74 Å². The highest BCUT2D eigenvalue weighted by Crippen LogP contribution is 2.42. The van der Waals surface area contributed by atoms with Crippen LogP contribution in [-0.4, -0.2) is 98.6 Å². The van der Waals surface area contributed by atoms with Gasteiger partial charge in [0.15, 0.2) is 0 Å². The second kappa shape index (κ2) is 13.7. The van der Waals surface area contributed by atoms with Gasteiger partial charge in [0.05, 0.1) is 35.7 Å². The third kappa shape index (κ3) is 6.89. The van der Waals surface area contributed by atoms with Crippen molar-refractivity contribution in [2.75, 3.05) is 70.2 Å². The van der Waals surface area contributed by atoms with E-state index in [1.54, 1.807) is 62.4 Å². The number of carbonyl (C=O) groups is 4. The topological polar surface area (TPSA) is 132 Å². The Labute approximate surface area is 262 Å². The quantitative estimate of drug-likeness (QED) is 0.235. The fourth-order valence-electron chi connectivity index (χ4n) is 5.61. The summed E-state index contributed by atoms with van der Waals surface area (Å²) in [5.74, 6) is -1.45. The number of nitrogens with zero attached hydrogens (tertiary/aromatic N) is 3. The van der Waals surface area contributed by atoms with E-state index < -0.39 is 5.97 Å². The van der Waals surface area contributed by atoms with Gasteiger partial charge in [-0.3, -0.25) is 19.3 Å². The van der Waals surface area contributed by atoms with Crippen LogP contribution in [0.1, 0.15) is 37.4 Å². The molecule has 0 unspecified atom stereocenters. The number of carboxylic acids is 1. The summed E-state index contributed by atoms with van der Waals surface area (Å²) in [5, 5.41) is 15.9. The maximum atomic E-state index is 13.6. The highest BCUT2D eigenvalue weighted by molar-refractivity contribution is 6.38. The van der Waals surface area contributed by atoms with Crippen molar-refractivity contribution in [2.24, 2.45) is 0 Å². The molecule has 2 aliphatic rings. The lowest BCUT2D eigenvalue weighted by atomic mass is 9.96. The van der Waals surface area contributed by atoms with Crippen molar-refractivity contribution < 1.29 is 29.0 Å². The molecule has 3 aromatic rings. The van der Waals surface area contributed by atoms with Crippen molar-refractivity contribution in [2.45, 2.75) is 6.92 Å². The van der Waals surface area contributed by atoms with E-state index in [2.05, 4.69) is 10.6 Å². The van der Waals surface area contributed by atoms with Crippen LogP contribution in [-0.2, 0) is 14.3 Å². The number of carbonyl (C=O) groups excluding carboxylic acids is 3. The van der Waals surface area contributed by atoms with Crippen LogP contribution in [0, 0.1) is 6.92 Å². The van der Waals surface area contributed by atoms with Crippen molar-refractivity contribution >= 4 is 46.3 Å². The summed E-state index contributed by atoms with van der Waals surface area (Å²) in [6.45, 7) is 5.19. The van der Waals surface area contributed by atoms with Gasteiger partial charge in [-0.25, -0.2) is 4.79 Å². The minimum atomic E-state index is -1.05. The lowest BCUT2D eigenvalue weighted by molar-refractivity contribution is -0.122. The largest absolute Gasteiger partial charge is 0.478 e. The Balaban J connectivity index is 1.34. The summed E-state index contributed by atoms with van der Waals surface area (Å²) in [5.41, 5.74) is 4.91. The van der Waals surface area contributed by atoms with Crippen LogP contribution in [0.3, 0.4) is 0 Å². The molecule has 0 radical (unpaired) electrons. The summed E-state index contributed by atoms with van der Waals surface area (Å²) in [7, 11) is 3.22. The van der Waals surface area contributed by atoms with Gasteiger partial charge in [-0.15, -0.1) is 0 Å². The Morgan fingerprint density at radius 3 is 2.27 bits per heavy atom. The van der Waals surface area contributed by atoms with E-state index >= 15 is 0 Å². The number of anilines is 2. The average Bonchev–Trinajstić information content (AvgIpc) is 3.28. The van der Waals surface area contributed by atoms with Crippen molar-refractivity contribution in [1.29, 1.82) is 0 Å². The first-order chi connectivity index (χ1) is 21.7. The molecule has 0 spiro atoms. The molecule has 11 nitrogen and oxygen atoms in total. The molecule has 0 bridgehead atoms. The Morgan fingerprint density at radius 2 is 1.62 bits per heavy atom. The van der Waals surface area contributed by atoms with E-state index in [9.17, 15) is 24.3 Å². The number of carboxylic acid groups (broad SMARTS) is 1. The van der Waals surface area contributed by atoms with Gasteiger partial charge >= 0.3 is 5.97 Å². The maximum Gasteiger partial charge on any atom is 0.336 e. The van der Waals surface area contributed by atoms with Crippen molar-refractivity contribution in [3.8, 4) is 0 Å². The molecule has 3 amide bonds. The molecule has 1 fully saturated rings. The number of benzene rings is 3. The number of ether oxygens (including phenoxy) is 1. The third-order valence-electron chi connectivity index (χ3n) is 8.09. The molecule has 3 aromatic carbocycles. The molecule has 3 N–H and O–H groups in total. The van der Waals surface area contributed by atoms with Crippen LogP contribution in [0.4, 0.5) is 11.4 Å². The number of hydrogen-bond acceptors (Lipinski definition) is 7. The summed E-state index contributed by atoms with van der Waals surface area (Å²) in [6, 6.07) is 19.9. The number of piperazine rings is 1. The summed E-state index contributed by atoms with van der Waals surface area (Å²) in [6.07, 6.45) is 0. The Bertz CT molecular complexity index is 1630. The van der Waals surface area contributed by atoms with Crippen molar-refractivity contribution in [1.82, 2.24) is 15.1 Å². The van der Waals surface area contributed by atoms with Crippen LogP contribution < -0.4 is 15.5 Å². The van der Waals surface area contributed by atoms with E-state index in [0.717, 1.165) is 5.56 Å². The average molecular weight is 612 g/mol. The molecule has 0 saturated carbocycles. The second-order valence-electron chi connectivity index (χ2n) is 11.1. The second-order valence-corrected chi connectivity index (χ2v) is 11.1. The molecule has 5 rings (SSSR count). The fraction of sp³-hybridized carbons (Fsp3) is 0.294. The van der Waals surface area contributed by atoms with Gasteiger partial charge in [0.1, 0.15) is 0 Å². The van der Waals surface area contributed by atoms with Gasteiger partial charge in [-0.2, -0.15) is 0 Å². The van der Waals surface area contributed by atoms with Gasteiger partial charge in [-0.05, 0) is 54.4 Å². The molecule has 11 heteroatoms.